The number of carbonyl (C=O) groups is 2. The van der Waals surface area contributed by atoms with Gasteiger partial charge in [-0.25, -0.2) is 5.01 Å². The molecular weight excluding hydrogens is 378 g/mol. The molecule has 1 unspecified atom stereocenters. The maximum Gasteiger partial charge on any atom is 0.276 e. The molecule has 3 N–H and O–H groups in total. The Labute approximate surface area is 168 Å². The van der Waals surface area contributed by atoms with Crippen LogP contribution >= 0.6 is 11.6 Å². The molecule has 2 amide bonds. The summed E-state index contributed by atoms with van der Waals surface area (Å²) in [4.78, 5) is 26.0. The van der Waals surface area contributed by atoms with Gasteiger partial charge in [0.05, 0.1) is 5.56 Å². The van der Waals surface area contributed by atoms with Gasteiger partial charge in [0.2, 0.25) is 5.91 Å². The average Bonchev–Trinajstić information content (AvgIpc) is 2.71. The van der Waals surface area contributed by atoms with E-state index in [0.717, 1.165) is 37.7 Å². The highest BCUT2D eigenvalue weighted by molar-refractivity contribution is 6.31. The minimum Gasteiger partial charge on any atom is -0.508 e. The summed E-state index contributed by atoms with van der Waals surface area (Å²) < 4.78 is 0. The van der Waals surface area contributed by atoms with E-state index in [0.29, 0.717) is 16.3 Å². The lowest BCUT2D eigenvalue weighted by molar-refractivity contribution is -0.130. The Morgan fingerprint density at radius 1 is 1.11 bits per heavy atom. The molecule has 0 spiro atoms. The number of hydrazine groups is 1. The zero-order chi connectivity index (χ0) is 19.7. The summed E-state index contributed by atoms with van der Waals surface area (Å²) in [6, 6.07) is 11.6. The van der Waals surface area contributed by atoms with Crippen molar-refractivity contribution in [3.05, 3.63) is 58.6 Å². The third-order valence-corrected chi connectivity index (χ3v) is 5.63. The van der Waals surface area contributed by atoms with Crippen LogP contribution in [0.1, 0.15) is 54.2 Å². The summed E-state index contributed by atoms with van der Waals surface area (Å²) in [5, 5.41) is 14.7. The topological polar surface area (TPSA) is 81.7 Å². The van der Waals surface area contributed by atoms with Gasteiger partial charge in [-0.3, -0.25) is 15.0 Å². The number of phenols is 1. The molecule has 28 heavy (non-hydrogen) atoms. The van der Waals surface area contributed by atoms with Gasteiger partial charge in [0.15, 0.2) is 0 Å². The predicted octanol–water partition coefficient (Wildman–Crippen LogP) is 4.22. The van der Waals surface area contributed by atoms with E-state index >= 15 is 0 Å². The molecule has 1 saturated carbocycles. The predicted molar refractivity (Wildman–Crippen MR) is 107 cm³/mol. The molecule has 146 valence electrons. The fourth-order valence-electron chi connectivity index (χ4n) is 3.86. The van der Waals surface area contributed by atoms with Gasteiger partial charge >= 0.3 is 0 Å². The molecule has 4 rings (SSSR count). The zero-order valence-corrected chi connectivity index (χ0v) is 16.1. The quantitative estimate of drug-likeness (QED) is 0.721. The van der Waals surface area contributed by atoms with Gasteiger partial charge in [0, 0.05) is 16.6 Å². The second-order valence-electron chi connectivity index (χ2n) is 7.31. The number of nitrogens with one attached hydrogen (secondary N) is 2. The Morgan fingerprint density at radius 2 is 1.82 bits per heavy atom. The number of rotatable bonds is 3. The first-order chi connectivity index (χ1) is 13.5. The van der Waals surface area contributed by atoms with Crippen molar-refractivity contribution in [2.75, 3.05) is 5.32 Å². The third kappa shape index (κ3) is 3.64. The van der Waals surface area contributed by atoms with E-state index in [1.54, 1.807) is 42.5 Å². The van der Waals surface area contributed by atoms with Crippen molar-refractivity contribution in [2.24, 2.45) is 5.92 Å². The highest BCUT2D eigenvalue weighted by atomic mass is 35.5. The zero-order valence-electron chi connectivity index (χ0n) is 15.3. The first-order valence-corrected chi connectivity index (χ1v) is 9.90. The van der Waals surface area contributed by atoms with E-state index in [9.17, 15) is 14.7 Å². The van der Waals surface area contributed by atoms with Gasteiger partial charge in [-0.15, -0.1) is 0 Å². The molecule has 1 heterocycles. The molecule has 1 fully saturated rings. The Hall–Kier alpha value is -2.73. The molecule has 0 saturated heterocycles. The summed E-state index contributed by atoms with van der Waals surface area (Å²) >= 11 is 6.07. The van der Waals surface area contributed by atoms with Gasteiger partial charge in [-0.05, 0) is 48.7 Å². The smallest absolute Gasteiger partial charge is 0.276 e. The van der Waals surface area contributed by atoms with E-state index < -0.39 is 6.17 Å². The van der Waals surface area contributed by atoms with Crippen LogP contribution in [0, 0.1) is 5.92 Å². The average molecular weight is 400 g/mol. The first-order valence-electron chi connectivity index (χ1n) is 9.52. The standard InChI is InChI=1S/C21H22ClN3O3/c22-15-8-11-18-17(12-15)21(28)25(24-20(27)14-4-2-1-3-5-14)19(23-18)13-6-9-16(26)10-7-13/h6-12,14,19,23,26H,1-5H2,(H,24,27). The maximum atomic E-state index is 13.2. The number of phenolic OH excluding ortho intramolecular Hbond substituents is 1. The molecule has 1 aliphatic heterocycles. The van der Waals surface area contributed by atoms with Crippen molar-refractivity contribution in [1.82, 2.24) is 10.4 Å². The molecule has 1 atom stereocenters. The number of fused-ring (bicyclic) bond motifs is 1. The van der Waals surface area contributed by atoms with Crippen molar-refractivity contribution < 1.29 is 14.7 Å². The Kier molecular flexibility index (Phi) is 5.13. The monoisotopic (exact) mass is 399 g/mol. The number of hydrogen-bond acceptors (Lipinski definition) is 4. The summed E-state index contributed by atoms with van der Waals surface area (Å²) in [6.45, 7) is 0. The van der Waals surface area contributed by atoms with Gasteiger partial charge in [0.25, 0.3) is 5.91 Å². The molecule has 0 aromatic heterocycles. The Balaban J connectivity index is 1.67. The van der Waals surface area contributed by atoms with Gasteiger partial charge in [0.1, 0.15) is 11.9 Å². The fourth-order valence-corrected chi connectivity index (χ4v) is 4.03. The number of nitrogens with zero attached hydrogens (tertiary/aromatic N) is 1. The van der Waals surface area contributed by atoms with E-state index in [4.69, 9.17) is 11.6 Å². The van der Waals surface area contributed by atoms with Crippen LogP contribution in [0.5, 0.6) is 5.75 Å². The largest absolute Gasteiger partial charge is 0.508 e. The lowest BCUT2D eigenvalue weighted by atomic mass is 9.89. The van der Waals surface area contributed by atoms with Crippen LogP contribution in [0.2, 0.25) is 5.02 Å². The van der Waals surface area contributed by atoms with Crippen LogP contribution in [0.4, 0.5) is 5.69 Å². The molecule has 2 aromatic carbocycles. The SMILES string of the molecule is O=C(NN1C(=O)c2cc(Cl)ccc2NC1c1ccc(O)cc1)C1CCCCC1. The lowest BCUT2D eigenvalue weighted by Gasteiger charge is -2.38. The van der Waals surface area contributed by atoms with Crippen LogP contribution in [-0.4, -0.2) is 21.9 Å². The third-order valence-electron chi connectivity index (χ3n) is 5.40. The van der Waals surface area contributed by atoms with Crippen LogP contribution in [0.15, 0.2) is 42.5 Å². The molecule has 2 aromatic rings. The Morgan fingerprint density at radius 3 is 2.54 bits per heavy atom. The number of hydrogen-bond donors (Lipinski definition) is 3. The second kappa shape index (κ2) is 7.72. The molecule has 6 nitrogen and oxygen atoms in total. The van der Waals surface area contributed by atoms with Crippen LogP contribution in [-0.2, 0) is 4.79 Å². The summed E-state index contributed by atoms with van der Waals surface area (Å²) in [5.74, 6) is -0.402. The number of halogens is 1. The van der Waals surface area contributed by atoms with Crippen molar-refractivity contribution in [3.63, 3.8) is 0 Å². The number of benzene rings is 2. The first kappa shape index (κ1) is 18.6. The highest BCUT2D eigenvalue weighted by Crippen LogP contribution is 2.34. The molecule has 2 aliphatic rings. The second-order valence-corrected chi connectivity index (χ2v) is 7.75. The number of amides is 2. The minimum atomic E-state index is -0.589. The summed E-state index contributed by atoms with van der Waals surface area (Å²) in [7, 11) is 0. The maximum absolute atomic E-state index is 13.2. The van der Waals surface area contributed by atoms with Crippen molar-refractivity contribution in [1.29, 1.82) is 0 Å². The number of carbonyl (C=O) groups excluding carboxylic acids is 2. The van der Waals surface area contributed by atoms with E-state index in [-0.39, 0.29) is 23.5 Å². The van der Waals surface area contributed by atoms with Gasteiger partial charge < -0.3 is 10.4 Å². The van der Waals surface area contributed by atoms with Crippen LogP contribution in [0.25, 0.3) is 0 Å². The van der Waals surface area contributed by atoms with E-state index in [1.165, 1.54) is 5.01 Å². The number of aromatic hydroxyl groups is 1. The molecule has 7 heteroatoms. The fraction of sp³-hybridized carbons (Fsp3) is 0.333. The van der Waals surface area contributed by atoms with Gasteiger partial charge in [-0.2, -0.15) is 0 Å². The molecular formula is C21H22ClN3O3. The lowest BCUT2D eigenvalue weighted by Crippen LogP contribution is -2.54. The van der Waals surface area contributed by atoms with Crippen molar-refractivity contribution in [2.45, 2.75) is 38.3 Å². The summed E-state index contributed by atoms with van der Waals surface area (Å²) in [5.41, 5.74) is 4.64. The number of anilines is 1. The van der Waals surface area contributed by atoms with Crippen LogP contribution < -0.4 is 10.7 Å². The normalized spacial score (nSPS) is 19.7. The minimum absolute atomic E-state index is 0.0808. The van der Waals surface area contributed by atoms with E-state index in [2.05, 4.69) is 10.7 Å². The van der Waals surface area contributed by atoms with Gasteiger partial charge in [-0.1, -0.05) is 43.0 Å². The van der Waals surface area contributed by atoms with E-state index in [1.807, 2.05) is 0 Å². The molecule has 1 aliphatic carbocycles. The highest BCUT2D eigenvalue weighted by Gasteiger charge is 2.36. The molecule has 0 radical (unpaired) electrons. The Bertz CT molecular complexity index is 894. The summed E-state index contributed by atoms with van der Waals surface area (Å²) in [6.07, 6.45) is 4.31. The van der Waals surface area contributed by atoms with Crippen molar-refractivity contribution >= 4 is 29.1 Å². The molecule has 0 bridgehead atoms. The van der Waals surface area contributed by atoms with Crippen molar-refractivity contribution in [3.8, 4) is 5.75 Å². The van der Waals surface area contributed by atoms with Crippen LogP contribution in [0.3, 0.4) is 0 Å².